The lowest BCUT2D eigenvalue weighted by Crippen LogP contribution is -2.48. The van der Waals surface area contributed by atoms with Crippen molar-refractivity contribution in [3.05, 3.63) is 42.5 Å². The zero-order valence-electron chi connectivity index (χ0n) is 12.3. The highest BCUT2D eigenvalue weighted by Gasteiger charge is 2.36. The number of hydrogen-bond acceptors (Lipinski definition) is 4. The minimum Gasteiger partial charge on any atom is -0.368 e. The van der Waals surface area contributed by atoms with Crippen LogP contribution in [0.25, 0.3) is 10.8 Å². The van der Waals surface area contributed by atoms with Crippen LogP contribution in [0, 0.1) is 5.92 Å². The molecule has 6 nitrogen and oxygen atoms in total. The van der Waals surface area contributed by atoms with Crippen LogP contribution < -0.4 is 5.73 Å². The zero-order valence-corrected chi connectivity index (χ0v) is 13.1. The maximum atomic E-state index is 12.5. The SMILES string of the molecule is CC(C)[C@H](C(N)=O)N(O)S(=O)(=O)c1ccc2ccccc2c1. The first kappa shape index (κ1) is 16.4. The second-order valence-electron chi connectivity index (χ2n) is 5.38. The van der Waals surface area contributed by atoms with Gasteiger partial charge >= 0.3 is 0 Å². The molecule has 2 rings (SSSR count). The van der Waals surface area contributed by atoms with Gasteiger partial charge in [-0.15, -0.1) is 0 Å². The maximum Gasteiger partial charge on any atom is 0.265 e. The van der Waals surface area contributed by atoms with Gasteiger partial charge in [-0.05, 0) is 28.8 Å². The molecule has 0 saturated heterocycles. The van der Waals surface area contributed by atoms with Crippen molar-refractivity contribution < 1.29 is 18.4 Å². The first-order chi connectivity index (χ1) is 10.2. The molecule has 0 unspecified atom stereocenters. The molecular formula is C15H18N2O4S. The van der Waals surface area contributed by atoms with Gasteiger partial charge in [0.2, 0.25) is 5.91 Å². The Bertz CT molecular complexity index is 802. The van der Waals surface area contributed by atoms with Gasteiger partial charge in [-0.1, -0.05) is 48.6 Å². The van der Waals surface area contributed by atoms with Crippen molar-refractivity contribution in [2.45, 2.75) is 24.8 Å². The number of rotatable bonds is 5. The van der Waals surface area contributed by atoms with E-state index in [1.807, 2.05) is 12.1 Å². The molecule has 0 saturated carbocycles. The van der Waals surface area contributed by atoms with E-state index in [4.69, 9.17) is 5.73 Å². The van der Waals surface area contributed by atoms with Crippen LogP contribution in [-0.4, -0.2) is 30.0 Å². The zero-order chi connectivity index (χ0) is 16.5. The van der Waals surface area contributed by atoms with Crippen molar-refractivity contribution in [2.75, 3.05) is 0 Å². The quantitative estimate of drug-likeness (QED) is 0.819. The molecule has 3 N–H and O–H groups in total. The molecule has 118 valence electrons. The number of carbonyl (C=O) groups is 1. The van der Waals surface area contributed by atoms with E-state index in [9.17, 15) is 18.4 Å². The Morgan fingerprint density at radius 3 is 2.27 bits per heavy atom. The molecule has 0 fully saturated rings. The summed E-state index contributed by atoms with van der Waals surface area (Å²) in [5.41, 5.74) is 5.20. The fraction of sp³-hybridized carbons (Fsp3) is 0.267. The first-order valence-corrected chi connectivity index (χ1v) is 8.20. The van der Waals surface area contributed by atoms with Gasteiger partial charge in [0.15, 0.2) is 0 Å². The summed E-state index contributed by atoms with van der Waals surface area (Å²) in [5.74, 6) is -1.36. The lowest BCUT2D eigenvalue weighted by molar-refractivity contribution is -0.134. The highest BCUT2D eigenvalue weighted by atomic mass is 32.2. The summed E-state index contributed by atoms with van der Waals surface area (Å²) in [4.78, 5) is 11.3. The Hall–Kier alpha value is -1.96. The van der Waals surface area contributed by atoms with Crippen molar-refractivity contribution in [1.82, 2.24) is 4.47 Å². The Morgan fingerprint density at radius 2 is 1.73 bits per heavy atom. The number of hydrogen-bond donors (Lipinski definition) is 2. The number of nitrogens with two attached hydrogens (primary N) is 1. The van der Waals surface area contributed by atoms with Crippen LogP contribution in [0.4, 0.5) is 0 Å². The van der Waals surface area contributed by atoms with Gasteiger partial charge < -0.3 is 5.73 Å². The third-order valence-corrected chi connectivity index (χ3v) is 5.00. The molecule has 0 aliphatic heterocycles. The standard InChI is InChI=1S/C15H18N2O4S/c1-10(2)14(15(16)18)17(19)22(20,21)13-8-7-11-5-3-4-6-12(11)9-13/h3-10,14,19H,1-2H3,(H2,16,18)/t14-/m1/s1. The average Bonchev–Trinajstić information content (AvgIpc) is 2.45. The van der Waals surface area contributed by atoms with Crippen LogP contribution in [0.2, 0.25) is 0 Å². The summed E-state index contributed by atoms with van der Waals surface area (Å²) in [7, 11) is -4.23. The predicted octanol–water partition coefficient (Wildman–Crippen LogP) is 1.73. The lowest BCUT2D eigenvalue weighted by Gasteiger charge is -2.25. The van der Waals surface area contributed by atoms with E-state index in [0.29, 0.717) is 0 Å². The fourth-order valence-electron chi connectivity index (χ4n) is 2.28. The molecule has 0 radical (unpaired) electrons. The van der Waals surface area contributed by atoms with Gasteiger partial charge in [0, 0.05) is 0 Å². The monoisotopic (exact) mass is 322 g/mol. The summed E-state index contributed by atoms with van der Waals surface area (Å²) in [6, 6.07) is 10.4. The lowest BCUT2D eigenvalue weighted by atomic mass is 10.1. The predicted molar refractivity (Wildman–Crippen MR) is 82.6 cm³/mol. The van der Waals surface area contributed by atoms with Crippen molar-refractivity contribution in [2.24, 2.45) is 11.7 Å². The van der Waals surface area contributed by atoms with E-state index < -0.39 is 27.9 Å². The number of hydroxylamine groups is 1. The molecule has 0 aromatic heterocycles. The van der Waals surface area contributed by atoms with Crippen LogP contribution in [0.3, 0.4) is 0 Å². The van der Waals surface area contributed by atoms with Crippen molar-refractivity contribution in [1.29, 1.82) is 0 Å². The number of carbonyl (C=O) groups excluding carboxylic acids is 1. The second kappa shape index (κ2) is 6.04. The van der Waals surface area contributed by atoms with Gasteiger partial charge in [0.25, 0.3) is 10.0 Å². The van der Waals surface area contributed by atoms with E-state index in [-0.39, 0.29) is 9.36 Å². The van der Waals surface area contributed by atoms with Gasteiger partial charge in [0.05, 0.1) is 4.90 Å². The van der Waals surface area contributed by atoms with Crippen LogP contribution in [-0.2, 0) is 14.8 Å². The highest BCUT2D eigenvalue weighted by molar-refractivity contribution is 7.89. The molecule has 0 spiro atoms. The van der Waals surface area contributed by atoms with E-state index in [1.165, 1.54) is 12.1 Å². The van der Waals surface area contributed by atoms with Crippen LogP contribution in [0.5, 0.6) is 0 Å². The molecular weight excluding hydrogens is 304 g/mol. The largest absolute Gasteiger partial charge is 0.368 e. The number of primary amides is 1. The molecule has 1 atom stereocenters. The van der Waals surface area contributed by atoms with Crippen molar-refractivity contribution in [3.8, 4) is 0 Å². The normalized spacial score (nSPS) is 13.7. The molecule has 7 heteroatoms. The maximum absolute atomic E-state index is 12.5. The average molecular weight is 322 g/mol. The van der Waals surface area contributed by atoms with E-state index in [1.54, 1.807) is 32.0 Å². The Balaban J connectivity index is 2.49. The minimum absolute atomic E-state index is 0.0596. The summed E-state index contributed by atoms with van der Waals surface area (Å²) < 4.78 is 25.0. The van der Waals surface area contributed by atoms with Crippen LogP contribution in [0.15, 0.2) is 47.4 Å². The number of sulfonamides is 1. The topological polar surface area (TPSA) is 101 Å². The molecule has 0 heterocycles. The molecule has 22 heavy (non-hydrogen) atoms. The van der Waals surface area contributed by atoms with Crippen LogP contribution >= 0.6 is 0 Å². The third-order valence-electron chi connectivity index (χ3n) is 3.43. The van der Waals surface area contributed by atoms with Gasteiger partial charge in [-0.25, -0.2) is 8.42 Å². The van der Waals surface area contributed by atoms with E-state index in [0.717, 1.165) is 10.8 Å². The number of fused-ring (bicyclic) bond motifs is 1. The summed E-state index contributed by atoms with van der Waals surface area (Å²) >= 11 is 0. The molecule has 0 bridgehead atoms. The third kappa shape index (κ3) is 2.96. The Labute approximate surface area is 129 Å². The number of nitrogens with zero attached hydrogens (tertiary/aromatic N) is 1. The molecule has 2 aromatic carbocycles. The Morgan fingerprint density at radius 1 is 1.14 bits per heavy atom. The highest BCUT2D eigenvalue weighted by Crippen LogP contribution is 2.23. The van der Waals surface area contributed by atoms with E-state index in [2.05, 4.69) is 0 Å². The molecule has 2 aromatic rings. The number of benzene rings is 2. The van der Waals surface area contributed by atoms with Crippen molar-refractivity contribution in [3.63, 3.8) is 0 Å². The summed E-state index contributed by atoms with van der Waals surface area (Å²) in [5, 5.41) is 11.6. The molecule has 0 aliphatic rings. The first-order valence-electron chi connectivity index (χ1n) is 6.76. The summed E-state index contributed by atoms with van der Waals surface area (Å²) in [6.07, 6.45) is 0. The van der Waals surface area contributed by atoms with E-state index >= 15 is 0 Å². The van der Waals surface area contributed by atoms with Crippen molar-refractivity contribution >= 4 is 26.7 Å². The fourth-order valence-corrected chi connectivity index (χ4v) is 3.66. The summed E-state index contributed by atoms with van der Waals surface area (Å²) in [6.45, 7) is 3.21. The second-order valence-corrected chi connectivity index (χ2v) is 7.17. The van der Waals surface area contributed by atoms with Gasteiger partial charge in [-0.2, -0.15) is 0 Å². The minimum atomic E-state index is -4.23. The molecule has 0 aliphatic carbocycles. The van der Waals surface area contributed by atoms with Gasteiger partial charge in [0.1, 0.15) is 6.04 Å². The van der Waals surface area contributed by atoms with Crippen LogP contribution in [0.1, 0.15) is 13.8 Å². The number of amides is 1. The smallest absolute Gasteiger partial charge is 0.265 e. The van der Waals surface area contributed by atoms with Gasteiger partial charge in [-0.3, -0.25) is 10.0 Å². The molecule has 1 amide bonds. The Kier molecular flexibility index (Phi) is 4.50.